The van der Waals surface area contributed by atoms with E-state index in [1.54, 1.807) is 11.3 Å². The zero-order chi connectivity index (χ0) is 11.4. The molecule has 3 nitrogen and oxygen atoms in total. The fraction of sp³-hybridized carbons (Fsp3) is 0.667. The second-order valence-electron chi connectivity index (χ2n) is 4.37. The van der Waals surface area contributed by atoms with Gasteiger partial charge in [0, 0.05) is 6.61 Å². The van der Waals surface area contributed by atoms with Crippen molar-refractivity contribution in [3.8, 4) is 0 Å². The summed E-state index contributed by atoms with van der Waals surface area (Å²) >= 11 is 1.73. The fourth-order valence-electron chi connectivity index (χ4n) is 2.13. The molecule has 16 heavy (non-hydrogen) atoms. The quantitative estimate of drug-likeness (QED) is 0.565. The number of ether oxygens (including phenoxy) is 1. The van der Waals surface area contributed by atoms with Crippen LogP contribution in [0.4, 0.5) is 0 Å². The summed E-state index contributed by atoms with van der Waals surface area (Å²) in [6.45, 7) is 2.82. The minimum absolute atomic E-state index is 0.238. The molecule has 1 aliphatic rings. The molecule has 1 heterocycles. The molecular weight excluding hydrogens is 220 g/mol. The van der Waals surface area contributed by atoms with Gasteiger partial charge in [-0.25, -0.2) is 0 Å². The molecule has 4 heteroatoms. The summed E-state index contributed by atoms with van der Waals surface area (Å²) in [4.78, 5) is 0. The van der Waals surface area contributed by atoms with Gasteiger partial charge in [0.25, 0.3) is 0 Å². The van der Waals surface area contributed by atoms with Gasteiger partial charge in [0.15, 0.2) is 0 Å². The zero-order valence-electron chi connectivity index (χ0n) is 9.69. The molecule has 0 saturated heterocycles. The van der Waals surface area contributed by atoms with E-state index in [1.165, 1.54) is 18.4 Å². The van der Waals surface area contributed by atoms with Crippen LogP contribution in [-0.2, 0) is 11.2 Å². The minimum Gasteiger partial charge on any atom is -0.377 e. The smallest absolute Gasteiger partial charge is 0.0772 e. The predicted molar refractivity (Wildman–Crippen MR) is 67.3 cm³/mol. The summed E-state index contributed by atoms with van der Waals surface area (Å²) in [6.07, 6.45) is 3.80. The van der Waals surface area contributed by atoms with Crippen LogP contribution >= 0.6 is 11.3 Å². The molecule has 0 aromatic carbocycles. The van der Waals surface area contributed by atoms with E-state index in [1.807, 2.05) is 6.92 Å². The van der Waals surface area contributed by atoms with Crippen molar-refractivity contribution in [2.24, 2.45) is 11.8 Å². The third kappa shape index (κ3) is 3.04. The van der Waals surface area contributed by atoms with E-state index in [-0.39, 0.29) is 12.1 Å². The van der Waals surface area contributed by atoms with Crippen LogP contribution in [-0.4, -0.2) is 18.8 Å². The van der Waals surface area contributed by atoms with Gasteiger partial charge in [0.1, 0.15) is 0 Å². The van der Waals surface area contributed by atoms with Crippen LogP contribution in [0.1, 0.15) is 25.3 Å². The van der Waals surface area contributed by atoms with Crippen LogP contribution in [0.5, 0.6) is 0 Å². The lowest BCUT2D eigenvalue weighted by Gasteiger charge is -2.26. The molecule has 2 atom stereocenters. The molecule has 0 radical (unpaired) electrons. The lowest BCUT2D eigenvalue weighted by molar-refractivity contribution is 0.0192. The Bertz CT molecular complexity index is 298. The lowest BCUT2D eigenvalue weighted by atomic mass is 10.0. The standard InChI is InChI=1S/C12H20N2OS/c1-2-15-12(10-3-4-10)11(14-13)7-9-5-6-16-8-9/h5-6,8,10-12,14H,2-4,7,13H2,1H3. The van der Waals surface area contributed by atoms with Crippen molar-refractivity contribution >= 4 is 11.3 Å². The van der Waals surface area contributed by atoms with Gasteiger partial charge in [0.2, 0.25) is 0 Å². The van der Waals surface area contributed by atoms with Crippen molar-refractivity contribution in [2.45, 2.75) is 38.3 Å². The molecular formula is C12H20N2OS. The van der Waals surface area contributed by atoms with Crippen LogP contribution in [0, 0.1) is 5.92 Å². The Morgan fingerprint density at radius 3 is 2.94 bits per heavy atom. The van der Waals surface area contributed by atoms with Gasteiger partial charge >= 0.3 is 0 Å². The Morgan fingerprint density at radius 2 is 2.44 bits per heavy atom. The van der Waals surface area contributed by atoms with Crippen molar-refractivity contribution in [1.29, 1.82) is 0 Å². The Kier molecular flexibility index (Phi) is 4.35. The SMILES string of the molecule is CCOC(C1CC1)C(Cc1ccsc1)NN. The first-order chi connectivity index (χ1) is 7.85. The predicted octanol–water partition coefficient (Wildman–Crippen LogP) is 1.94. The molecule has 0 aliphatic heterocycles. The van der Waals surface area contributed by atoms with E-state index in [0.29, 0.717) is 5.92 Å². The molecule has 1 fully saturated rings. The highest BCUT2D eigenvalue weighted by atomic mass is 32.1. The normalized spacial score (nSPS) is 19.6. The number of hydrogen-bond acceptors (Lipinski definition) is 4. The second-order valence-corrected chi connectivity index (χ2v) is 5.15. The fourth-order valence-corrected chi connectivity index (χ4v) is 2.81. The molecule has 0 spiro atoms. The molecule has 90 valence electrons. The topological polar surface area (TPSA) is 47.3 Å². The second kappa shape index (κ2) is 5.77. The minimum atomic E-state index is 0.238. The van der Waals surface area contributed by atoms with Crippen molar-refractivity contribution < 1.29 is 4.74 Å². The first-order valence-corrected chi connectivity index (χ1v) is 6.88. The number of nitrogens with one attached hydrogen (secondary N) is 1. The maximum absolute atomic E-state index is 5.83. The zero-order valence-corrected chi connectivity index (χ0v) is 10.5. The Hall–Kier alpha value is -0.420. The van der Waals surface area contributed by atoms with E-state index in [9.17, 15) is 0 Å². The van der Waals surface area contributed by atoms with Gasteiger partial charge in [-0.15, -0.1) is 0 Å². The van der Waals surface area contributed by atoms with Gasteiger partial charge in [-0.1, -0.05) is 0 Å². The average molecular weight is 240 g/mol. The van der Waals surface area contributed by atoms with Crippen LogP contribution < -0.4 is 11.3 Å². The highest BCUT2D eigenvalue weighted by Gasteiger charge is 2.36. The molecule has 3 N–H and O–H groups in total. The van der Waals surface area contributed by atoms with Crippen LogP contribution in [0.25, 0.3) is 0 Å². The van der Waals surface area contributed by atoms with Crippen LogP contribution in [0.3, 0.4) is 0 Å². The van der Waals surface area contributed by atoms with E-state index >= 15 is 0 Å². The number of nitrogens with two attached hydrogens (primary N) is 1. The van der Waals surface area contributed by atoms with Crippen LogP contribution in [0.15, 0.2) is 16.8 Å². The maximum Gasteiger partial charge on any atom is 0.0772 e. The monoisotopic (exact) mass is 240 g/mol. The number of rotatable bonds is 7. The Balaban J connectivity index is 1.95. The summed E-state index contributed by atoms with van der Waals surface area (Å²) < 4.78 is 5.83. The number of thiophene rings is 1. The summed E-state index contributed by atoms with van der Waals surface area (Å²) in [6, 6.07) is 2.40. The highest BCUT2D eigenvalue weighted by molar-refractivity contribution is 7.07. The molecule has 2 rings (SSSR count). The van der Waals surface area contributed by atoms with Gasteiger partial charge in [-0.2, -0.15) is 11.3 Å². The van der Waals surface area contributed by atoms with E-state index in [0.717, 1.165) is 13.0 Å². The summed E-state index contributed by atoms with van der Waals surface area (Å²) in [5.41, 5.74) is 4.27. The van der Waals surface area contributed by atoms with Crippen LogP contribution in [0.2, 0.25) is 0 Å². The molecule has 1 aromatic heterocycles. The summed E-state index contributed by atoms with van der Waals surface area (Å²) in [5, 5.41) is 4.29. The molecule has 1 saturated carbocycles. The summed E-state index contributed by atoms with van der Waals surface area (Å²) in [5.74, 6) is 6.37. The van der Waals surface area contributed by atoms with Gasteiger partial charge < -0.3 is 4.74 Å². The molecule has 0 amide bonds. The first kappa shape index (κ1) is 12.0. The van der Waals surface area contributed by atoms with Crippen molar-refractivity contribution in [1.82, 2.24) is 5.43 Å². The summed E-state index contributed by atoms with van der Waals surface area (Å²) in [7, 11) is 0. The lowest BCUT2D eigenvalue weighted by Crippen LogP contribution is -2.47. The molecule has 2 unspecified atom stereocenters. The highest BCUT2D eigenvalue weighted by Crippen LogP contribution is 2.36. The number of hydrogen-bond donors (Lipinski definition) is 2. The average Bonchev–Trinajstić information content (AvgIpc) is 3.01. The van der Waals surface area contributed by atoms with Crippen molar-refractivity contribution in [2.75, 3.05) is 6.61 Å². The Labute approximate surface area is 101 Å². The third-order valence-corrected chi connectivity index (χ3v) is 3.82. The molecule has 0 bridgehead atoms. The van der Waals surface area contributed by atoms with E-state index in [2.05, 4.69) is 22.3 Å². The number of hydrazine groups is 1. The van der Waals surface area contributed by atoms with Gasteiger partial charge in [0.05, 0.1) is 12.1 Å². The molecule has 1 aliphatic carbocycles. The van der Waals surface area contributed by atoms with Crippen molar-refractivity contribution in [3.63, 3.8) is 0 Å². The van der Waals surface area contributed by atoms with Gasteiger partial charge in [-0.05, 0) is 54.5 Å². The van der Waals surface area contributed by atoms with Crippen molar-refractivity contribution in [3.05, 3.63) is 22.4 Å². The first-order valence-electron chi connectivity index (χ1n) is 5.94. The van der Waals surface area contributed by atoms with E-state index in [4.69, 9.17) is 10.6 Å². The van der Waals surface area contributed by atoms with Gasteiger partial charge in [-0.3, -0.25) is 11.3 Å². The largest absolute Gasteiger partial charge is 0.377 e. The molecule has 1 aromatic rings. The Morgan fingerprint density at radius 1 is 1.62 bits per heavy atom. The maximum atomic E-state index is 5.83. The third-order valence-electron chi connectivity index (χ3n) is 3.09. The van der Waals surface area contributed by atoms with E-state index < -0.39 is 0 Å².